The minimum absolute atomic E-state index is 0.0202. The molecule has 21 heavy (non-hydrogen) atoms. The van der Waals surface area contributed by atoms with E-state index in [0.29, 0.717) is 0 Å². The van der Waals surface area contributed by atoms with Crippen LogP contribution >= 0.6 is 0 Å². The Kier molecular flexibility index (Phi) is 6.07. The summed E-state index contributed by atoms with van der Waals surface area (Å²) in [5, 5.41) is 0. The first-order chi connectivity index (χ1) is 10.2. The highest BCUT2D eigenvalue weighted by Crippen LogP contribution is 2.35. The number of methoxy groups -OCH3 is 1. The molecular weight excluding hydrogens is 262 g/mol. The molecule has 1 aliphatic rings. The second-order valence-electron chi connectivity index (χ2n) is 6.03. The van der Waals surface area contributed by atoms with Gasteiger partial charge in [0.05, 0.1) is 12.7 Å². The van der Waals surface area contributed by atoms with Gasteiger partial charge >= 0.3 is 0 Å². The molecule has 1 saturated carbocycles. The molecule has 1 atom stereocenters. The van der Waals surface area contributed by atoms with Crippen LogP contribution in [-0.4, -0.2) is 25.4 Å². The van der Waals surface area contributed by atoms with Crippen molar-refractivity contribution in [1.29, 1.82) is 0 Å². The first-order valence-electron chi connectivity index (χ1n) is 8.23. The van der Waals surface area contributed by atoms with E-state index in [4.69, 9.17) is 15.2 Å². The van der Waals surface area contributed by atoms with Crippen molar-refractivity contribution in [2.24, 2.45) is 5.73 Å². The van der Waals surface area contributed by atoms with Crippen molar-refractivity contribution in [3.8, 4) is 5.75 Å². The average molecular weight is 291 g/mol. The molecule has 118 valence electrons. The van der Waals surface area contributed by atoms with Crippen LogP contribution < -0.4 is 10.5 Å². The van der Waals surface area contributed by atoms with Gasteiger partial charge in [-0.2, -0.15) is 0 Å². The van der Waals surface area contributed by atoms with Crippen molar-refractivity contribution in [2.45, 2.75) is 63.5 Å². The highest BCUT2D eigenvalue weighted by molar-refractivity contribution is 5.34. The van der Waals surface area contributed by atoms with Crippen LogP contribution in [-0.2, 0) is 11.2 Å². The van der Waals surface area contributed by atoms with E-state index in [1.165, 1.54) is 31.2 Å². The number of benzene rings is 1. The number of para-hydroxylation sites is 1. The Morgan fingerprint density at radius 2 is 1.81 bits per heavy atom. The summed E-state index contributed by atoms with van der Waals surface area (Å²) >= 11 is 0. The molecule has 0 amide bonds. The normalized spacial score (nSPS) is 19.8. The fraction of sp³-hybridized carbons (Fsp3) is 0.667. The largest absolute Gasteiger partial charge is 0.496 e. The highest BCUT2D eigenvalue weighted by Gasteiger charge is 2.38. The van der Waals surface area contributed by atoms with Gasteiger partial charge in [-0.25, -0.2) is 0 Å². The molecule has 1 aromatic carbocycles. The maximum absolute atomic E-state index is 6.61. The second kappa shape index (κ2) is 7.81. The summed E-state index contributed by atoms with van der Waals surface area (Å²) in [6.45, 7) is 2.81. The monoisotopic (exact) mass is 291 g/mol. The van der Waals surface area contributed by atoms with Crippen LogP contribution in [0.5, 0.6) is 5.75 Å². The molecule has 3 heteroatoms. The highest BCUT2D eigenvalue weighted by atomic mass is 16.5. The van der Waals surface area contributed by atoms with Crippen molar-refractivity contribution in [2.75, 3.05) is 13.7 Å². The SMILES string of the molecule is CCOC1(C(N)Cc2ccccc2OC)CCCCCC1. The molecule has 1 unspecified atom stereocenters. The van der Waals surface area contributed by atoms with Gasteiger partial charge in [0.15, 0.2) is 0 Å². The van der Waals surface area contributed by atoms with E-state index in [2.05, 4.69) is 13.0 Å². The van der Waals surface area contributed by atoms with Crippen molar-refractivity contribution in [3.63, 3.8) is 0 Å². The van der Waals surface area contributed by atoms with E-state index < -0.39 is 0 Å². The maximum atomic E-state index is 6.61. The van der Waals surface area contributed by atoms with Crippen LogP contribution in [0.15, 0.2) is 24.3 Å². The fourth-order valence-corrected chi connectivity index (χ4v) is 3.53. The summed E-state index contributed by atoms with van der Waals surface area (Å²) in [5.74, 6) is 0.924. The molecule has 0 spiro atoms. The Balaban J connectivity index is 2.15. The zero-order valence-corrected chi connectivity index (χ0v) is 13.4. The Labute approximate surface area is 128 Å². The van der Waals surface area contributed by atoms with E-state index in [0.717, 1.165) is 31.6 Å². The fourth-order valence-electron chi connectivity index (χ4n) is 3.53. The lowest BCUT2D eigenvalue weighted by atomic mass is 9.83. The van der Waals surface area contributed by atoms with E-state index >= 15 is 0 Å². The number of hydrogen-bond donors (Lipinski definition) is 1. The third-order valence-corrected chi connectivity index (χ3v) is 4.69. The lowest BCUT2D eigenvalue weighted by Gasteiger charge is -2.38. The van der Waals surface area contributed by atoms with Gasteiger partial charge in [0, 0.05) is 12.6 Å². The molecule has 0 saturated heterocycles. The smallest absolute Gasteiger partial charge is 0.122 e. The molecule has 1 aromatic rings. The van der Waals surface area contributed by atoms with Crippen molar-refractivity contribution >= 4 is 0 Å². The second-order valence-corrected chi connectivity index (χ2v) is 6.03. The van der Waals surface area contributed by atoms with Crippen LogP contribution in [0.4, 0.5) is 0 Å². The Morgan fingerprint density at radius 1 is 1.14 bits per heavy atom. The summed E-state index contributed by atoms with van der Waals surface area (Å²) in [6.07, 6.45) is 8.02. The van der Waals surface area contributed by atoms with E-state index in [1.54, 1.807) is 7.11 Å². The van der Waals surface area contributed by atoms with Gasteiger partial charge in [0.2, 0.25) is 0 Å². The number of rotatable bonds is 6. The number of nitrogens with two attached hydrogens (primary N) is 1. The zero-order chi connectivity index (χ0) is 15.1. The summed E-state index contributed by atoms with van der Waals surface area (Å²) < 4.78 is 11.6. The number of hydrogen-bond acceptors (Lipinski definition) is 3. The first-order valence-corrected chi connectivity index (χ1v) is 8.23. The Morgan fingerprint density at radius 3 is 2.43 bits per heavy atom. The third kappa shape index (κ3) is 3.98. The Hall–Kier alpha value is -1.06. The van der Waals surface area contributed by atoms with Crippen molar-refractivity contribution < 1.29 is 9.47 Å². The average Bonchev–Trinajstić information content (AvgIpc) is 2.75. The third-order valence-electron chi connectivity index (χ3n) is 4.69. The first kappa shape index (κ1) is 16.3. The van der Waals surface area contributed by atoms with Crippen LogP contribution in [0.1, 0.15) is 51.0 Å². The van der Waals surface area contributed by atoms with Gasteiger partial charge in [-0.05, 0) is 37.8 Å². The van der Waals surface area contributed by atoms with Gasteiger partial charge in [-0.1, -0.05) is 43.9 Å². The predicted octanol–water partition coefficient (Wildman–Crippen LogP) is 3.69. The lowest BCUT2D eigenvalue weighted by Crippen LogP contribution is -2.51. The van der Waals surface area contributed by atoms with Gasteiger partial charge in [-0.3, -0.25) is 0 Å². The summed E-state index contributed by atoms with van der Waals surface area (Å²) in [4.78, 5) is 0. The molecule has 2 rings (SSSR count). The minimum Gasteiger partial charge on any atom is -0.496 e. The van der Waals surface area contributed by atoms with E-state index in [-0.39, 0.29) is 11.6 Å². The van der Waals surface area contributed by atoms with E-state index in [9.17, 15) is 0 Å². The van der Waals surface area contributed by atoms with Crippen molar-refractivity contribution in [3.05, 3.63) is 29.8 Å². The molecule has 0 radical (unpaired) electrons. The van der Waals surface area contributed by atoms with Crippen LogP contribution in [0, 0.1) is 0 Å². The van der Waals surface area contributed by atoms with Crippen LogP contribution in [0.3, 0.4) is 0 Å². The van der Waals surface area contributed by atoms with Crippen LogP contribution in [0.2, 0.25) is 0 Å². The zero-order valence-electron chi connectivity index (χ0n) is 13.4. The molecule has 0 bridgehead atoms. The molecule has 0 aromatic heterocycles. The maximum Gasteiger partial charge on any atom is 0.122 e. The van der Waals surface area contributed by atoms with Gasteiger partial charge in [0.1, 0.15) is 5.75 Å². The standard InChI is InChI=1S/C18H29NO2/c1-3-21-18(12-8-4-5-9-13-18)17(19)14-15-10-6-7-11-16(15)20-2/h6-7,10-11,17H,3-5,8-9,12-14,19H2,1-2H3. The molecule has 3 nitrogen and oxygen atoms in total. The van der Waals surface area contributed by atoms with Crippen molar-refractivity contribution in [1.82, 2.24) is 0 Å². The quantitative estimate of drug-likeness (QED) is 0.813. The lowest BCUT2D eigenvalue weighted by molar-refractivity contribution is -0.0684. The summed E-state index contributed by atoms with van der Waals surface area (Å²) in [5.41, 5.74) is 7.63. The number of ether oxygens (including phenoxy) is 2. The van der Waals surface area contributed by atoms with Gasteiger partial charge < -0.3 is 15.2 Å². The molecule has 2 N–H and O–H groups in total. The van der Waals surface area contributed by atoms with E-state index in [1.807, 2.05) is 18.2 Å². The van der Waals surface area contributed by atoms with Gasteiger partial charge in [-0.15, -0.1) is 0 Å². The van der Waals surface area contributed by atoms with Crippen LogP contribution in [0.25, 0.3) is 0 Å². The van der Waals surface area contributed by atoms with Gasteiger partial charge in [0.25, 0.3) is 0 Å². The minimum atomic E-state index is -0.161. The summed E-state index contributed by atoms with van der Waals surface area (Å²) in [6, 6.07) is 8.17. The molecular formula is C18H29NO2. The molecule has 1 fully saturated rings. The topological polar surface area (TPSA) is 44.5 Å². The Bertz CT molecular complexity index is 425. The summed E-state index contributed by atoms with van der Waals surface area (Å²) in [7, 11) is 1.72. The molecule has 1 aliphatic carbocycles. The molecule has 0 aliphatic heterocycles. The predicted molar refractivity (Wildman–Crippen MR) is 86.7 cm³/mol. The molecule has 0 heterocycles.